The average molecular weight is 393 g/mol. The number of nitrogens with one attached hydrogen (secondary N) is 1. The Hall–Kier alpha value is -1.65. The Labute approximate surface area is 148 Å². The predicted molar refractivity (Wildman–Crippen MR) is 92.8 cm³/mol. The van der Waals surface area contributed by atoms with Gasteiger partial charge in [0.25, 0.3) is 0 Å². The molecule has 8 nitrogen and oxygen atoms in total. The third-order valence-corrected chi connectivity index (χ3v) is 6.58. The largest absolute Gasteiger partial charge is 0.493 e. The third kappa shape index (κ3) is 6.63. The molecule has 0 fully saturated rings. The molecule has 0 spiro atoms. The van der Waals surface area contributed by atoms with Gasteiger partial charge in [0.1, 0.15) is 18.4 Å². The molecule has 0 aromatic heterocycles. The third-order valence-electron chi connectivity index (χ3n) is 3.45. The number of hydrogen-bond donors (Lipinski definition) is 2. The standard InChI is InChI=1S/C15H23NO7S2/c1-4-24(19,20)10-9-23-12-5-7-13(8-6-12)25(21,22)16-14(11(2)3)15(17)18/h5-8,11,14,16H,4,9-10H2,1-3H3,(H,17,18)/t14-/m0/s1. The van der Waals surface area contributed by atoms with Crippen LogP contribution in [0.15, 0.2) is 29.2 Å². The summed E-state index contributed by atoms with van der Waals surface area (Å²) in [5.74, 6) is -1.45. The van der Waals surface area contributed by atoms with Crippen LogP contribution >= 0.6 is 0 Å². The van der Waals surface area contributed by atoms with Crippen LogP contribution in [0.25, 0.3) is 0 Å². The van der Waals surface area contributed by atoms with Gasteiger partial charge in [-0.15, -0.1) is 0 Å². The lowest BCUT2D eigenvalue weighted by atomic mass is 10.1. The lowest BCUT2D eigenvalue weighted by Crippen LogP contribution is -2.44. The summed E-state index contributed by atoms with van der Waals surface area (Å²) in [7, 11) is -7.13. The maximum atomic E-state index is 12.3. The maximum absolute atomic E-state index is 12.3. The zero-order chi connectivity index (χ0) is 19.3. The van der Waals surface area contributed by atoms with Gasteiger partial charge in [-0.25, -0.2) is 16.8 Å². The molecule has 0 amide bonds. The molecule has 1 aromatic carbocycles. The smallest absolute Gasteiger partial charge is 0.322 e. The molecule has 0 aliphatic carbocycles. The highest BCUT2D eigenvalue weighted by Crippen LogP contribution is 2.17. The Morgan fingerprint density at radius 1 is 1.16 bits per heavy atom. The zero-order valence-corrected chi connectivity index (χ0v) is 15.9. The van der Waals surface area contributed by atoms with Gasteiger partial charge in [0.2, 0.25) is 10.0 Å². The molecule has 0 saturated heterocycles. The van der Waals surface area contributed by atoms with E-state index in [1.165, 1.54) is 24.3 Å². The Kier molecular flexibility index (Phi) is 7.39. The molecular formula is C15H23NO7S2. The van der Waals surface area contributed by atoms with E-state index in [9.17, 15) is 21.6 Å². The molecule has 0 saturated carbocycles. The number of hydrogen-bond acceptors (Lipinski definition) is 6. The molecule has 1 rings (SSSR count). The minimum absolute atomic E-state index is 0.0276. The number of carbonyl (C=O) groups is 1. The summed E-state index contributed by atoms with van der Waals surface area (Å²) in [4.78, 5) is 11.0. The lowest BCUT2D eigenvalue weighted by Gasteiger charge is -2.18. The van der Waals surface area contributed by atoms with Crippen molar-refractivity contribution in [1.82, 2.24) is 4.72 Å². The molecule has 0 bridgehead atoms. The van der Waals surface area contributed by atoms with Gasteiger partial charge in [0.15, 0.2) is 9.84 Å². The Morgan fingerprint density at radius 2 is 1.72 bits per heavy atom. The van der Waals surface area contributed by atoms with Gasteiger partial charge in [0, 0.05) is 5.75 Å². The van der Waals surface area contributed by atoms with Gasteiger partial charge >= 0.3 is 5.97 Å². The van der Waals surface area contributed by atoms with Crippen molar-refractivity contribution in [3.63, 3.8) is 0 Å². The molecule has 10 heteroatoms. The fourth-order valence-corrected chi connectivity index (χ4v) is 3.82. The van der Waals surface area contributed by atoms with Crippen LogP contribution in [-0.2, 0) is 24.7 Å². The number of carboxylic acids is 1. The van der Waals surface area contributed by atoms with Crippen LogP contribution in [0, 0.1) is 5.92 Å². The topological polar surface area (TPSA) is 127 Å². The van der Waals surface area contributed by atoms with Crippen LogP contribution in [0.1, 0.15) is 20.8 Å². The van der Waals surface area contributed by atoms with E-state index in [0.29, 0.717) is 5.75 Å². The highest BCUT2D eigenvalue weighted by molar-refractivity contribution is 7.91. The van der Waals surface area contributed by atoms with Crippen molar-refractivity contribution in [2.45, 2.75) is 31.7 Å². The number of ether oxygens (including phenoxy) is 1. The molecule has 0 unspecified atom stereocenters. The second-order valence-electron chi connectivity index (χ2n) is 5.74. The number of benzene rings is 1. The van der Waals surface area contributed by atoms with E-state index in [1.807, 2.05) is 0 Å². The molecule has 142 valence electrons. The first-order valence-electron chi connectivity index (χ1n) is 7.67. The molecule has 0 aliphatic heterocycles. The number of rotatable bonds is 10. The van der Waals surface area contributed by atoms with Crippen LogP contribution in [-0.4, -0.2) is 52.1 Å². The first-order valence-corrected chi connectivity index (χ1v) is 11.0. The van der Waals surface area contributed by atoms with Crippen molar-refractivity contribution in [3.8, 4) is 5.75 Å². The summed E-state index contributed by atoms with van der Waals surface area (Å²) in [5.41, 5.74) is 0. The Balaban J connectivity index is 2.79. The van der Waals surface area contributed by atoms with Crippen LogP contribution in [0.3, 0.4) is 0 Å². The van der Waals surface area contributed by atoms with E-state index in [0.717, 1.165) is 0 Å². The van der Waals surface area contributed by atoms with Gasteiger partial charge in [-0.3, -0.25) is 4.79 Å². The summed E-state index contributed by atoms with van der Waals surface area (Å²) < 4.78 is 54.7. The quantitative estimate of drug-likeness (QED) is 0.604. The molecule has 1 aromatic rings. The van der Waals surface area contributed by atoms with Gasteiger partial charge in [-0.05, 0) is 30.2 Å². The minimum atomic E-state index is -4.00. The normalized spacial score (nSPS) is 13.6. The molecular weight excluding hydrogens is 370 g/mol. The minimum Gasteiger partial charge on any atom is -0.493 e. The van der Waals surface area contributed by atoms with Crippen molar-refractivity contribution in [2.24, 2.45) is 5.92 Å². The van der Waals surface area contributed by atoms with E-state index in [1.54, 1.807) is 20.8 Å². The first-order chi connectivity index (χ1) is 11.5. The second kappa shape index (κ2) is 8.63. The number of sulfone groups is 1. The van der Waals surface area contributed by atoms with Crippen molar-refractivity contribution < 1.29 is 31.5 Å². The monoisotopic (exact) mass is 393 g/mol. The fourth-order valence-electron chi connectivity index (χ4n) is 1.85. The number of carboxylic acid groups (broad SMARTS) is 1. The number of aliphatic carboxylic acids is 1. The summed E-state index contributed by atoms with van der Waals surface area (Å²) in [6, 6.07) is 4.08. The van der Waals surface area contributed by atoms with Crippen molar-refractivity contribution in [2.75, 3.05) is 18.1 Å². The molecule has 2 N–H and O–H groups in total. The predicted octanol–water partition coefficient (Wildman–Crippen LogP) is 0.888. The van der Waals surface area contributed by atoms with Crippen molar-refractivity contribution >= 4 is 25.8 Å². The number of sulfonamides is 1. The van der Waals surface area contributed by atoms with E-state index >= 15 is 0 Å². The first kappa shape index (κ1) is 21.4. The fraction of sp³-hybridized carbons (Fsp3) is 0.533. The molecule has 0 aliphatic rings. The lowest BCUT2D eigenvalue weighted by molar-refractivity contribution is -0.140. The van der Waals surface area contributed by atoms with Crippen molar-refractivity contribution in [3.05, 3.63) is 24.3 Å². The second-order valence-corrected chi connectivity index (χ2v) is 9.92. The van der Waals surface area contributed by atoms with Crippen LogP contribution < -0.4 is 9.46 Å². The van der Waals surface area contributed by atoms with Gasteiger partial charge < -0.3 is 9.84 Å². The van der Waals surface area contributed by atoms with E-state index < -0.39 is 37.8 Å². The summed E-state index contributed by atoms with van der Waals surface area (Å²) in [5, 5.41) is 9.09. The Morgan fingerprint density at radius 3 is 2.16 bits per heavy atom. The van der Waals surface area contributed by atoms with Crippen LogP contribution in [0.2, 0.25) is 0 Å². The van der Waals surface area contributed by atoms with Crippen LogP contribution in [0.4, 0.5) is 0 Å². The summed E-state index contributed by atoms with van der Waals surface area (Å²) >= 11 is 0. The summed E-state index contributed by atoms with van der Waals surface area (Å²) in [6.45, 7) is 4.71. The average Bonchev–Trinajstić information content (AvgIpc) is 2.52. The highest BCUT2D eigenvalue weighted by Gasteiger charge is 2.27. The molecule has 1 atom stereocenters. The van der Waals surface area contributed by atoms with E-state index in [4.69, 9.17) is 9.84 Å². The maximum Gasteiger partial charge on any atom is 0.322 e. The zero-order valence-electron chi connectivity index (χ0n) is 14.3. The van der Waals surface area contributed by atoms with Gasteiger partial charge in [-0.2, -0.15) is 4.72 Å². The van der Waals surface area contributed by atoms with E-state index in [-0.39, 0.29) is 23.0 Å². The summed E-state index contributed by atoms with van der Waals surface area (Å²) in [6.07, 6.45) is 0. The van der Waals surface area contributed by atoms with Crippen molar-refractivity contribution in [1.29, 1.82) is 0 Å². The SMILES string of the molecule is CCS(=O)(=O)CCOc1ccc(S(=O)(=O)N[C@H](C(=O)O)C(C)C)cc1. The van der Waals surface area contributed by atoms with Gasteiger partial charge in [0.05, 0.1) is 10.6 Å². The highest BCUT2D eigenvalue weighted by atomic mass is 32.2. The molecule has 0 heterocycles. The molecule has 0 radical (unpaired) electrons. The van der Waals surface area contributed by atoms with E-state index in [2.05, 4.69) is 4.72 Å². The Bertz CT molecular complexity index is 784. The molecule has 25 heavy (non-hydrogen) atoms. The van der Waals surface area contributed by atoms with Gasteiger partial charge in [-0.1, -0.05) is 20.8 Å². The van der Waals surface area contributed by atoms with Crippen LogP contribution in [0.5, 0.6) is 5.75 Å².